The third-order valence-corrected chi connectivity index (χ3v) is 4.87. The lowest BCUT2D eigenvalue weighted by atomic mass is 9.82. The molecule has 0 aliphatic heterocycles. The summed E-state index contributed by atoms with van der Waals surface area (Å²) in [6.45, 7) is 1.16. The van der Waals surface area contributed by atoms with Crippen molar-refractivity contribution in [2.45, 2.75) is 38.6 Å². The number of ether oxygens (including phenoxy) is 1. The first-order chi connectivity index (χ1) is 11.7. The number of benzene rings is 1. The van der Waals surface area contributed by atoms with Crippen LogP contribution < -0.4 is 5.32 Å². The molecule has 1 N–H and O–H groups in total. The quantitative estimate of drug-likeness (QED) is 0.848. The van der Waals surface area contributed by atoms with Crippen molar-refractivity contribution >= 4 is 5.91 Å². The minimum atomic E-state index is -0.250. The number of hydrogen-bond acceptors (Lipinski definition) is 4. The molecule has 1 aromatic carbocycles. The summed E-state index contributed by atoms with van der Waals surface area (Å²) in [7, 11) is 1.69. The Morgan fingerprint density at radius 2 is 2.21 bits per heavy atom. The first kappa shape index (κ1) is 16.6. The summed E-state index contributed by atoms with van der Waals surface area (Å²) < 4.78 is 6.91. The average molecular weight is 328 g/mol. The van der Waals surface area contributed by atoms with Crippen molar-refractivity contribution in [3.63, 3.8) is 0 Å². The predicted molar refractivity (Wildman–Crippen MR) is 90.6 cm³/mol. The summed E-state index contributed by atoms with van der Waals surface area (Å²) in [6, 6.07) is 7.97. The van der Waals surface area contributed by atoms with E-state index in [4.69, 9.17) is 4.74 Å². The fourth-order valence-corrected chi connectivity index (χ4v) is 3.46. The van der Waals surface area contributed by atoms with Gasteiger partial charge in [-0.1, -0.05) is 25.0 Å². The van der Waals surface area contributed by atoms with Gasteiger partial charge in [-0.2, -0.15) is 5.10 Å². The molecule has 1 aromatic heterocycles. The molecule has 3 rings (SSSR count). The van der Waals surface area contributed by atoms with Crippen LogP contribution in [0.4, 0.5) is 0 Å². The van der Waals surface area contributed by atoms with Crippen molar-refractivity contribution in [3.05, 3.63) is 42.5 Å². The van der Waals surface area contributed by atoms with Gasteiger partial charge in [-0.3, -0.25) is 4.79 Å². The molecule has 24 heavy (non-hydrogen) atoms. The molecule has 0 saturated heterocycles. The molecule has 0 spiro atoms. The lowest BCUT2D eigenvalue weighted by Gasteiger charge is -2.27. The molecule has 0 unspecified atom stereocenters. The Morgan fingerprint density at radius 1 is 1.38 bits per heavy atom. The fourth-order valence-electron chi connectivity index (χ4n) is 3.46. The number of hydrogen-bond donors (Lipinski definition) is 1. The van der Waals surface area contributed by atoms with E-state index in [1.165, 1.54) is 6.33 Å². The van der Waals surface area contributed by atoms with Gasteiger partial charge in [0.2, 0.25) is 5.91 Å². The van der Waals surface area contributed by atoms with Gasteiger partial charge in [0.15, 0.2) is 0 Å². The molecule has 0 bridgehead atoms. The van der Waals surface area contributed by atoms with E-state index in [9.17, 15) is 4.79 Å². The Labute approximate surface area is 142 Å². The van der Waals surface area contributed by atoms with Gasteiger partial charge in [0, 0.05) is 20.3 Å². The lowest BCUT2D eigenvalue weighted by Crippen LogP contribution is -2.39. The highest BCUT2D eigenvalue weighted by atomic mass is 16.5. The fraction of sp³-hybridized carbons (Fsp3) is 0.500. The summed E-state index contributed by atoms with van der Waals surface area (Å²) >= 11 is 0. The highest BCUT2D eigenvalue weighted by Crippen LogP contribution is 2.41. The Kier molecular flexibility index (Phi) is 5.25. The highest BCUT2D eigenvalue weighted by Gasteiger charge is 2.40. The molecular weight excluding hydrogens is 304 g/mol. The number of amides is 1. The van der Waals surface area contributed by atoms with Crippen molar-refractivity contribution in [2.24, 2.45) is 5.41 Å². The van der Waals surface area contributed by atoms with E-state index in [1.807, 2.05) is 24.3 Å². The molecule has 1 saturated carbocycles. The van der Waals surface area contributed by atoms with Crippen LogP contribution >= 0.6 is 0 Å². The van der Waals surface area contributed by atoms with E-state index < -0.39 is 0 Å². The topological polar surface area (TPSA) is 69.0 Å². The van der Waals surface area contributed by atoms with Gasteiger partial charge < -0.3 is 10.1 Å². The first-order valence-corrected chi connectivity index (χ1v) is 8.45. The molecule has 1 aliphatic carbocycles. The summed E-state index contributed by atoms with van der Waals surface area (Å²) in [5.41, 5.74) is 1.74. The molecular formula is C18H24N4O2. The average Bonchev–Trinajstić information content (AvgIpc) is 3.30. The number of carbonyl (C=O) groups excluding carboxylic acids is 1. The van der Waals surface area contributed by atoms with E-state index in [-0.39, 0.29) is 11.3 Å². The number of nitrogens with one attached hydrogen (secondary N) is 1. The number of methoxy groups -OCH3 is 1. The summed E-state index contributed by atoms with van der Waals surface area (Å²) in [5.74, 6) is 0.156. The van der Waals surface area contributed by atoms with Crippen molar-refractivity contribution < 1.29 is 9.53 Å². The third-order valence-electron chi connectivity index (χ3n) is 4.87. The maximum absolute atomic E-state index is 12.8. The molecule has 0 radical (unpaired) electrons. The summed E-state index contributed by atoms with van der Waals surface area (Å²) in [4.78, 5) is 16.7. The maximum atomic E-state index is 12.8. The molecule has 1 aliphatic rings. The van der Waals surface area contributed by atoms with Gasteiger partial charge in [-0.15, -0.1) is 0 Å². The van der Waals surface area contributed by atoms with Crippen LogP contribution in [0.5, 0.6) is 0 Å². The van der Waals surface area contributed by atoms with Gasteiger partial charge in [-0.05, 0) is 37.0 Å². The molecule has 1 heterocycles. The van der Waals surface area contributed by atoms with E-state index in [0.29, 0.717) is 13.2 Å². The van der Waals surface area contributed by atoms with Gasteiger partial charge >= 0.3 is 0 Å². The number of rotatable bonds is 7. The molecule has 6 nitrogen and oxygen atoms in total. The molecule has 2 aromatic rings. The Morgan fingerprint density at radius 3 is 2.92 bits per heavy atom. The largest absolute Gasteiger partial charge is 0.385 e. The molecule has 1 fully saturated rings. The van der Waals surface area contributed by atoms with E-state index in [0.717, 1.165) is 43.4 Å². The summed E-state index contributed by atoms with van der Waals surface area (Å²) in [6.07, 6.45) is 8.14. The Bertz CT molecular complexity index is 663. The minimum Gasteiger partial charge on any atom is -0.385 e. The van der Waals surface area contributed by atoms with E-state index in [2.05, 4.69) is 15.4 Å². The van der Waals surface area contributed by atoms with E-state index in [1.54, 1.807) is 18.1 Å². The van der Waals surface area contributed by atoms with Crippen LogP contribution in [0, 0.1) is 5.41 Å². The Balaban J connectivity index is 1.64. The van der Waals surface area contributed by atoms with Crippen molar-refractivity contribution in [1.29, 1.82) is 0 Å². The van der Waals surface area contributed by atoms with Crippen LogP contribution in [0.25, 0.3) is 5.69 Å². The van der Waals surface area contributed by atoms with Crippen LogP contribution in [0.3, 0.4) is 0 Å². The van der Waals surface area contributed by atoms with Crippen LogP contribution in [0.1, 0.15) is 37.7 Å². The van der Waals surface area contributed by atoms with Crippen molar-refractivity contribution in [1.82, 2.24) is 20.1 Å². The first-order valence-electron chi connectivity index (χ1n) is 8.45. The van der Waals surface area contributed by atoms with Crippen LogP contribution in [-0.2, 0) is 16.1 Å². The molecule has 6 heteroatoms. The second kappa shape index (κ2) is 7.57. The third kappa shape index (κ3) is 3.64. The highest BCUT2D eigenvalue weighted by molar-refractivity contribution is 5.82. The smallest absolute Gasteiger partial charge is 0.226 e. The second-order valence-electron chi connectivity index (χ2n) is 6.42. The number of aromatic nitrogens is 3. The zero-order valence-corrected chi connectivity index (χ0v) is 14.1. The molecule has 1 amide bonds. The SMILES string of the molecule is COCCC1(C(=O)NCc2cccc(-n3cncn3)c2)CCCC1. The van der Waals surface area contributed by atoms with Crippen LogP contribution in [0.2, 0.25) is 0 Å². The molecule has 128 valence electrons. The maximum Gasteiger partial charge on any atom is 0.226 e. The zero-order chi connectivity index (χ0) is 16.8. The zero-order valence-electron chi connectivity index (χ0n) is 14.1. The number of nitrogens with zero attached hydrogens (tertiary/aromatic N) is 3. The van der Waals surface area contributed by atoms with Gasteiger partial charge in [0.05, 0.1) is 11.1 Å². The normalized spacial score (nSPS) is 16.2. The van der Waals surface area contributed by atoms with Crippen LogP contribution in [-0.4, -0.2) is 34.4 Å². The number of carbonyl (C=O) groups is 1. The van der Waals surface area contributed by atoms with Crippen molar-refractivity contribution in [3.8, 4) is 5.69 Å². The standard InChI is InChI=1S/C18H24N4O2/c1-24-10-9-18(7-2-3-8-18)17(23)20-12-15-5-4-6-16(11-15)22-14-19-13-21-22/h4-6,11,13-14H,2-3,7-10,12H2,1H3,(H,20,23). The van der Waals surface area contributed by atoms with E-state index >= 15 is 0 Å². The minimum absolute atomic E-state index is 0.156. The molecule has 0 atom stereocenters. The second-order valence-corrected chi connectivity index (χ2v) is 6.42. The van der Waals surface area contributed by atoms with Gasteiger partial charge in [-0.25, -0.2) is 9.67 Å². The van der Waals surface area contributed by atoms with Gasteiger partial charge in [0.25, 0.3) is 0 Å². The summed E-state index contributed by atoms with van der Waals surface area (Å²) in [5, 5.41) is 7.26. The van der Waals surface area contributed by atoms with Crippen molar-refractivity contribution in [2.75, 3.05) is 13.7 Å². The van der Waals surface area contributed by atoms with Gasteiger partial charge in [0.1, 0.15) is 12.7 Å². The lowest BCUT2D eigenvalue weighted by molar-refractivity contribution is -0.132. The Hall–Kier alpha value is -2.21. The van der Waals surface area contributed by atoms with Crippen LogP contribution in [0.15, 0.2) is 36.9 Å². The predicted octanol–water partition coefficient (Wildman–Crippen LogP) is 2.48. The monoisotopic (exact) mass is 328 g/mol.